The van der Waals surface area contributed by atoms with Crippen molar-refractivity contribution in [2.75, 3.05) is 7.05 Å². The summed E-state index contributed by atoms with van der Waals surface area (Å²) in [6.07, 6.45) is 1.03. The fourth-order valence-corrected chi connectivity index (χ4v) is 2.33. The summed E-state index contributed by atoms with van der Waals surface area (Å²) in [4.78, 5) is 2.08. The minimum Gasteiger partial charge on any atom is -0.283 e. The quantitative estimate of drug-likeness (QED) is 0.817. The zero-order valence-corrected chi connectivity index (χ0v) is 12.1. The van der Waals surface area contributed by atoms with Crippen LogP contribution in [-0.2, 0) is 13.0 Å². The summed E-state index contributed by atoms with van der Waals surface area (Å²) < 4.78 is 0. The second-order valence-electron chi connectivity index (χ2n) is 5.03. The molecule has 0 aliphatic heterocycles. The van der Waals surface area contributed by atoms with E-state index in [2.05, 4.69) is 54.3 Å². The van der Waals surface area contributed by atoms with Crippen LogP contribution < -0.4 is 0 Å². The fraction of sp³-hybridized carbons (Fsp3) is 0.278. The van der Waals surface area contributed by atoms with E-state index in [9.17, 15) is 5.26 Å². The zero-order valence-electron chi connectivity index (χ0n) is 12.1. The molecule has 0 aromatic heterocycles. The highest BCUT2D eigenvalue weighted by atomic mass is 15.1. The van der Waals surface area contributed by atoms with Gasteiger partial charge in [0.1, 0.15) is 6.04 Å². The molecule has 0 aliphatic rings. The number of hydrogen-bond acceptors (Lipinski definition) is 2. The molecule has 20 heavy (non-hydrogen) atoms. The van der Waals surface area contributed by atoms with Crippen molar-refractivity contribution in [1.82, 2.24) is 4.90 Å². The second-order valence-corrected chi connectivity index (χ2v) is 5.03. The summed E-state index contributed by atoms with van der Waals surface area (Å²) in [7, 11) is 1.99. The van der Waals surface area contributed by atoms with Gasteiger partial charge in [-0.15, -0.1) is 0 Å². The number of rotatable bonds is 5. The first-order valence-corrected chi connectivity index (χ1v) is 6.97. The van der Waals surface area contributed by atoms with E-state index in [-0.39, 0.29) is 6.04 Å². The Balaban J connectivity index is 2.12. The van der Waals surface area contributed by atoms with Crippen LogP contribution in [0, 0.1) is 11.3 Å². The van der Waals surface area contributed by atoms with Crippen molar-refractivity contribution in [3.05, 3.63) is 71.3 Å². The molecule has 0 amide bonds. The number of nitrogens with zero attached hydrogens (tertiary/aromatic N) is 2. The Labute approximate surface area is 121 Å². The van der Waals surface area contributed by atoms with Gasteiger partial charge in [-0.25, -0.2) is 0 Å². The average molecular weight is 264 g/mol. The van der Waals surface area contributed by atoms with Gasteiger partial charge in [0.2, 0.25) is 0 Å². The third-order valence-electron chi connectivity index (χ3n) is 3.54. The molecule has 2 aromatic carbocycles. The Bertz CT molecular complexity index is 567. The van der Waals surface area contributed by atoms with Gasteiger partial charge in [0.25, 0.3) is 0 Å². The Morgan fingerprint density at radius 1 is 1.00 bits per heavy atom. The fourth-order valence-electron chi connectivity index (χ4n) is 2.33. The van der Waals surface area contributed by atoms with Crippen LogP contribution in [0.4, 0.5) is 0 Å². The first-order chi connectivity index (χ1) is 9.74. The molecule has 102 valence electrons. The maximum atomic E-state index is 9.46. The normalized spacial score (nSPS) is 12.1. The maximum absolute atomic E-state index is 9.46. The molecule has 0 aliphatic carbocycles. The van der Waals surface area contributed by atoms with E-state index in [0.29, 0.717) is 0 Å². The summed E-state index contributed by atoms with van der Waals surface area (Å²) in [6.45, 7) is 2.91. The van der Waals surface area contributed by atoms with Crippen molar-refractivity contribution in [3.8, 4) is 6.07 Å². The van der Waals surface area contributed by atoms with Crippen LogP contribution in [0.2, 0.25) is 0 Å². The largest absolute Gasteiger partial charge is 0.283 e. The smallest absolute Gasteiger partial charge is 0.123 e. The monoisotopic (exact) mass is 264 g/mol. The zero-order chi connectivity index (χ0) is 14.4. The van der Waals surface area contributed by atoms with Crippen LogP contribution >= 0.6 is 0 Å². The summed E-state index contributed by atoms with van der Waals surface area (Å²) >= 11 is 0. The van der Waals surface area contributed by atoms with Gasteiger partial charge in [-0.3, -0.25) is 4.90 Å². The van der Waals surface area contributed by atoms with E-state index in [0.717, 1.165) is 18.5 Å². The van der Waals surface area contributed by atoms with E-state index in [1.165, 1.54) is 11.1 Å². The highest BCUT2D eigenvalue weighted by molar-refractivity contribution is 5.28. The number of aryl methyl sites for hydroxylation is 1. The molecule has 0 saturated heterocycles. The first kappa shape index (κ1) is 14.3. The van der Waals surface area contributed by atoms with Gasteiger partial charge in [-0.2, -0.15) is 5.26 Å². The molecule has 2 rings (SSSR count). The summed E-state index contributed by atoms with van der Waals surface area (Å²) in [5.41, 5.74) is 3.58. The topological polar surface area (TPSA) is 27.0 Å². The van der Waals surface area contributed by atoms with E-state index >= 15 is 0 Å². The van der Waals surface area contributed by atoms with Crippen molar-refractivity contribution in [1.29, 1.82) is 5.26 Å². The molecule has 1 atom stereocenters. The average Bonchev–Trinajstić information content (AvgIpc) is 2.49. The van der Waals surface area contributed by atoms with Gasteiger partial charge < -0.3 is 0 Å². The maximum Gasteiger partial charge on any atom is 0.123 e. The van der Waals surface area contributed by atoms with E-state index in [4.69, 9.17) is 0 Å². The Hall–Kier alpha value is -2.11. The van der Waals surface area contributed by atoms with E-state index in [1.807, 2.05) is 25.2 Å². The van der Waals surface area contributed by atoms with Crippen molar-refractivity contribution in [2.24, 2.45) is 0 Å². The van der Waals surface area contributed by atoms with E-state index in [1.54, 1.807) is 0 Å². The molecule has 0 fully saturated rings. The Morgan fingerprint density at radius 3 is 2.20 bits per heavy atom. The van der Waals surface area contributed by atoms with Crippen molar-refractivity contribution >= 4 is 0 Å². The highest BCUT2D eigenvalue weighted by Gasteiger charge is 2.16. The lowest BCUT2D eigenvalue weighted by atomic mass is 10.0. The summed E-state index contributed by atoms with van der Waals surface area (Å²) in [6, 6.07) is 20.8. The van der Waals surface area contributed by atoms with Crippen LogP contribution in [0.3, 0.4) is 0 Å². The molecule has 2 nitrogen and oxygen atoms in total. The third-order valence-corrected chi connectivity index (χ3v) is 3.54. The molecule has 2 aromatic rings. The predicted molar refractivity (Wildman–Crippen MR) is 82.1 cm³/mol. The standard InChI is InChI=1S/C18H20N2/c1-3-15-9-11-17(12-10-15)18(13-19)20(2)14-16-7-5-4-6-8-16/h4-12,18H,3,14H2,1-2H3. The molecule has 0 spiro atoms. The van der Waals surface area contributed by atoms with Crippen LogP contribution in [0.5, 0.6) is 0 Å². The number of hydrogen-bond donors (Lipinski definition) is 0. The molecule has 0 saturated carbocycles. The third kappa shape index (κ3) is 3.46. The van der Waals surface area contributed by atoms with Crippen LogP contribution in [-0.4, -0.2) is 11.9 Å². The van der Waals surface area contributed by atoms with Crippen molar-refractivity contribution < 1.29 is 0 Å². The second kappa shape index (κ2) is 6.88. The van der Waals surface area contributed by atoms with Crippen molar-refractivity contribution in [3.63, 3.8) is 0 Å². The van der Waals surface area contributed by atoms with Crippen LogP contribution in [0.1, 0.15) is 29.7 Å². The molecule has 2 heteroatoms. The molecule has 0 N–H and O–H groups in total. The van der Waals surface area contributed by atoms with Gasteiger partial charge >= 0.3 is 0 Å². The predicted octanol–water partition coefficient (Wildman–Crippen LogP) is 3.95. The van der Waals surface area contributed by atoms with Crippen LogP contribution in [0.25, 0.3) is 0 Å². The lowest BCUT2D eigenvalue weighted by Crippen LogP contribution is -2.23. The van der Waals surface area contributed by atoms with Crippen LogP contribution in [0.15, 0.2) is 54.6 Å². The number of benzene rings is 2. The van der Waals surface area contributed by atoms with Gasteiger partial charge in [-0.1, -0.05) is 61.5 Å². The summed E-state index contributed by atoms with van der Waals surface area (Å²) in [5.74, 6) is 0. The van der Waals surface area contributed by atoms with E-state index < -0.39 is 0 Å². The summed E-state index contributed by atoms with van der Waals surface area (Å²) in [5, 5.41) is 9.46. The minimum atomic E-state index is -0.207. The lowest BCUT2D eigenvalue weighted by Gasteiger charge is -2.23. The molecular weight excluding hydrogens is 244 g/mol. The molecule has 0 bridgehead atoms. The molecule has 0 radical (unpaired) electrons. The molecule has 0 heterocycles. The number of nitriles is 1. The van der Waals surface area contributed by atoms with Gasteiger partial charge in [-0.05, 0) is 30.2 Å². The SMILES string of the molecule is CCc1ccc(C(C#N)N(C)Cc2ccccc2)cc1. The first-order valence-electron chi connectivity index (χ1n) is 6.97. The molecule has 1 unspecified atom stereocenters. The van der Waals surface area contributed by atoms with Crippen molar-refractivity contribution in [2.45, 2.75) is 25.9 Å². The lowest BCUT2D eigenvalue weighted by molar-refractivity contribution is 0.283. The van der Waals surface area contributed by atoms with Gasteiger partial charge in [0.05, 0.1) is 6.07 Å². The van der Waals surface area contributed by atoms with Gasteiger partial charge in [0, 0.05) is 6.54 Å². The highest BCUT2D eigenvalue weighted by Crippen LogP contribution is 2.21. The Kier molecular flexibility index (Phi) is 4.92. The molecular formula is C18H20N2. The minimum absolute atomic E-state index is 0.207. The Morgan fingerprint density at radius 2 is 1.65 bits per heavy atom. The van der Waals surface area contributed by atoms with Gasteiger partial charge in [0.15, 0.2) is 0 Å².